The van der Waals surface area contributed by atoms with Gasteiger partial charge in [0, 0.05) is 41.8 Å². The Morgan fingerprint density at radius 3 is 2.16 bits per heavy atom. The Balaban J connectivity index is 1.63. The van der Waals surface area contributed by atoms with Gasteiger partial charge in [0.15, 0.2) is 0 Å². The van der Waals surface area contributed by atoms with Gasteiger partial charge in [-0.3, -0.25) is 4.90 Å². The van der Waals surface area contributed by atoms with Crippen LogP contribution in [0, 0.1) is 0 Å². The largest absolute Gasteiger partial charge is 0.467 e. The van der Waals surface area contributed by atoms with Crippen LogP contribution in [0.1, 0.15) is 46.5 Å². The third kappa shape index (κ3) is 6.05. The molecule has 0 saturated heterocycles. The smallest absolute Gasteiger partial charge is 0.413 e. The topological polar surface area (TPSA) is 127 Å². The van der Waals surface area contributed by atoms with Crippen molar-refractivity contribution in [2.45, 2.75) is 64.1 Å². The fourth-order valence-corrected chi connectivity index (χ4v) is 3.66. The van der Waals surface area contributed by atoms with E-state index in [1.54, 1.807) is 30.7 Å². The quantitative estimate of drug-likeness (QED) is 0.713. The minimum Gasteiger partial charge on any atom is -0.467 e. The van der Waals surface area contributed by atoms with Crippen LogP contribution in [-0.4, -0.2) is 57.0 Å². The first-order valence-electron chi connectivity index (χ1n) is 10.5. The van der Waals surface area contributed by atoms with Gasteiger partial charge in [-0.2, -0.15) is 0 Å². The van der Waals surface area contributed by atoms with Gasteiger partial charge in [-0.25, -0.2) is 24.5 Å². The number of rotatable bonds is 5. The molecule has 1 saturated carbocycles. The second-order valence-electron chi connectivity index (χ2n) is 8.67. The van der Waals surface area contributed by atoms with E-state index in [9.17, 15) is 14.7 Å². The molecule has 0 radical (unpaired) electrons. The van der Waals surface area contributed by atoms with E-state index in [0.29, 0.717) is 31.5 Å². The molecule has 2 aromatic rings. The van der Waals surface area contributed by atoms with Crippen molar-refractivity contribution in [3.8, 4) is 17.1 Å². The molecule has 2 amide bonds. The second-order valence-corrected chi connectivity index (χ2v) is 8.67. The Hall–Kier alpha value is -3.43. The summed E-state index contributed by atoms with van der Waals surface area (Å²) in [5.41, 5.74) is 0.962. The molecular weight excluding hydrogens is 414 g/mol. The van der Waals surface area contributed by atoms with Crippen molar-refractivity contribution < 1.29 is 24.2 Å². The summed E-state index contributed by atoms with van der Waals surface area (Å²) in [7, 11) is 1.49. The fourth-order valence-electron chi connectivity index (χ4n) is 3.66. The van der Waals surface area contributed by atoms with Crippen LogP contribution in [0.2, 0.25) is 0 Å². The minimum atomic E-state index is -1.05. The van der Waals surface area contributed by atoms with Gasteiger partial charge in [0.25, 0.3) is 0 Å². The maximum atomic E-state index is 12.0. The zero-order chi connectivity index (χ0) is 23.3. The fraction of sp³-hybridized carbons (Fsp3) is 0.500. The first-order valence-corrected chi connectivity index (χ1v) is 10.5. The zero-order valence-electron chi connectivity index (χ0n) is 18.7. The highest BCUT2D eigenvalue weighted by Gasteiger charge is 2.31. The number of hydrogen-bond acceptors (Lipinski definition) is 7. The Morgan fingerprint density at radius 2 is 1.66 bits per heavy atom. The minimum absolute atomic E-state index is 0.0397. The van der Waals surface area contributed by atoms with E-state index in [-0.39, 0.29) is 18.1 Å². The van der Waals surface area contributed by atoms with Crippen LogP contribution >= 0.6 is 0 Å². The molecule has 10 nitrogen and oxygen atoms in total. The number of aromatic nitrogens is 3. The summed E-state index contributed by atoms with van der Waals surface area (Å²) in [6.45, 7) is 5.44. The molecule has 32 heavy (non-hydrogen) atoms. The highest BCUT2D eigenvalue weighted by atomic mass is 16.6. The summed E-state index contributed by atoms with van der Waals surface area (Å²) < 4.78 is 10.3. The summed E-state index contributed by atoms with van der Waals surface area (Å²) in [6.07, 6.45) is 5.89. The summed E-state index contributed by atoms with van der Waals surface area (Å²) >= 11 is 0. The molecule has 0 unspecified atom stereocenters. The van der Waals surface area contributed by atoms with E-state index >= 15 is 0 Å². The predicted octanol–water partition coefficient (Wildman–Crippen LogP) is 3.87. The van der Waals surface area contributed by atoms with Crippen molar-refractivity contribution in [3.63, 3.8) is 0 Å². The Morgan fingerprint density at radius 1 is 1.03 bits per heavy atom. The Bertz CT molecular complexity index is 919. The molecule has 2 heterocycles. The molecule has 1 aliphatic rings. The molecule has 0 spiro atoms. The summed E-state index contributed by atoms with van der Waals surface area (Å²) in [5, 5.41) is 12.7. The first kappa shape index (κ1) is 23.2. The summed E-state index contributed by atoms with van der Waals surface area (Å²) in [4.78, 5) is 37.8. The number of hydrogen-bond donors (Lipinski definition) is 2. The van der Waals surface area contributed by atoms with Crippen LogP contribution in [0.5, 0.6) is 6.01 Å². The molecule has 2 N–H and O–H groups in total. The predicted molar refractivity (Wildman–Crippen MR) is 118 cm³/mol. The van der Waals surface area contributed by atoms with E-state index in [0.717, 1.165) is 11.1 Å². The van der Waals surface area contributed by atoms with Gasteiger partial charge in [0.1, 0.15) is 11.4 Å². The van der Waals surface area contributed by atoms with Gasteiger partial charge in [-0.1, -0.05) is 0 Å². The molecule has 10 heteroatoms. The maximum absolute atomic E-state index is 12.0. The number of alkyl carbamates (subject to hydrolysis) is 1. The molecule has 0 aliphatic heterocycles. The standard InChI is InChI=1S/C22H29N5O5/c1-22(2,3)32-20(28)26-16-6-8-17(9-7-16)27(21(29)30)18-10-5-14(11-23-18)15-12-24-19(31-4)25-13-15/h5,10-13,16-17H,6-9H2,1-4H3,(H,26,28)(H,29,30). The zero-order valence-corrected chi connectivity index (χ0v) is 18.7. The highest BCUT2D eigenvalue weighted by Crippen LogP contribution is 2.28. The van der Waals surface area contributed by atoms with Gasteiger partial charge in [-0.15, -0.1) is 0 Å². The molecule has 0 atom stereocenters. The van der Waals surface area contributed by atoms with Crippen molar-refractivity contribution in [2.24, 2.45) is 0 Å². The Kier molecular flexibility index (Phi) is 7.12. The number of carbonyl (C=O) groups is 2. The molecule has 172 valence electrons. The van der Waals surface area contributed by atoms with Crippen molar-refractivity contribution in [1.82, 2.24) is 20.3 Å². The average molecular weight is 444 g/mol. The van der Waals surface area contributed by atoms with Gasteiger partial charge in [0.2, 0.25) is 0 Å². The van der Waals surface area contributed by atoms with Crippen LogP contribution in [0.3, 0.4) is 0 Å². The number of anilines is 1. The van der Waals surface area contributed by atoms with Crippen molar-refractivity contribution >= 4 is 18.0 Å². The molecular formula is C22H29N5O5. The second kappa shape index (κ2) is 9.80. The van der Waals surface area contributed by atoms with E-state index in [1.807, 2.05) is 20.8 Å². The summed E-state index contributed by atoms with van der Waals surface area (Å²) in [6, 6.07) is 3.49. The molecule has 2 aromatic heterocycles. The van der Waals surface area contributed by atoms with Gasteiger partial charge >= 0.3 is 18.2 Å². The number of nitrogens with one attached hydrogen (secondary N) is 1. The number of carboxylic acid groups (broad SMARTS) is 1. The van der Waals surface area contributed by atoms with Gasteiger partial charge in [-0.05, 0) is 58.6 Å². The lowest BCUT2D eigenvalue weighted by molar-refractivity contribution is 0.0490. The number of pyridine rings is 1. The lowest BCUT2D eigenvalue weighted by Crippen LogP contribution is -2.47. The SMILES string of the molecule is COc1ncc(-c2ccc(N(C(=O)O)C3CCC(NC(=O)OC(C)(C)C)CC3)nc2)cn1. The number of methoxy groups -OCH3 is 1. The maximum Gasteiger partial charge on any atom is 0.413 e. The Labute approximate surface area is 187 Å². The molecule has 3 rings (SSSR count). The first-order chi connectivity index (χ1) is 15.2. The highest BCUT2D eigenvalue weighted by molar-refractivity contribution is 5.85. The van der Waals surface area contributed by atoms with Crippen molar-refractivity contribution in [2.75, 3.05) is 12.0 Å². The van der Waals surface area contributed by atoms with Crippen molar-refractivity contribution in [1.29, 1.82) is 0 Å². The number of carbonyl (C=O) groups excluding carboxylic acids is 1. The third-order valence-electron chi connectivity index (χ3n) is 5.13. The third-order valence-corrected chi connectivity index (χ3v) is 5.13. The summed E-state index contributed by atoms with van der Waals surface area (Å²) in [5.74, 6) is 0.360. The number of amides is 2. The molecule has 1 fully saturated rings. The van der Waals surface area contributed by atoms with Crippen LogP contribution in [-0.2, 0) is 4.74 Å². The monoisotopic (exact) mass is 443 g/mol. The van der Waals surface area contributed by atoms with Gasteiger partial charge < -0.3 is 19.9 Å². The normalized spacial score (nSPS) is 18.5. The molecule has 0 bridgehead atoms. The van der Waals surface area contributed by atoms with Crippen LogP contribution in [0.15, 0.2) is 30.7 Å². The van der Waals surface area contributed by atoms with E-state index < -0.39 is 17.8 Å². The van der Waals surface area contributed by atoms with Crippen LogP contribution < -0.4 is 15.0 Å². The van der Waals surface area contributed by atoms with E-state index in [4.69, 9.17) is 9.47 Å². The van der Waals surface area contributed by atoms with E-state index in [1.165, 1.54) is 12.0 Å². The molecule has 0 aromatic carbocycles. The van der Waals surface area contributed by atoms with Crippen molar-refractivity contribution in [3.05, 3.63) is 30.7 Å². The van der Waals surface area contributed by atoms with Crippen LogP contribution in [0.4, 0.5) is 15.4 Å². The number of ether oxygens (including phenoxy) is 2. The molecule has 1 aliphatic carbocycles. The lowest BCUT2D eigenvalue weighted by atomic mass is 9.90. The van der Waals surface area contributed by atoms with Crippen LogP contribution in [0.25, 0.3) is 11.1 Å². The van der Waals surface area contributed by atoms with Gasteiger partial charge in [0.05, 0.1) is 7.11 Å². The average Bonchev–Trinajstić information content (AvgIpc) is 2.74. The van der Waals surface area contributed by atoms with E-state index in [2.05, 4.69) is 20.3 Å². The lowest BCUT2D eigenvalue weighted by Gasteiger charge is -2.35. The number of nitrogens with zero attached hydrogens (tertiary/aromatic N) is 4.